The number of rotatable bonds is 96. The van der Waals surface area contributed by atoms with Gasteiger partial charge in [-0.3, -0.25) is 14.4 Å². The van der Waals surface area contributed by atoms with Crippen LogP contribution in [0.1, 0.15) is 581 Å². The van der Waals surface area contributed by atoms with Gasteiger partial charge >= 0.3 is 0 Å². The summed E-state index contributed by atoms with van der Waals surface area (Å²) in [7, 11) is 0. The Morgan fingerprint density at radius 2 is 0.305 bits per heavy atom. The number of unbranched alkanes of at least 4 members (excludes halogenated alkanes) is 69. The molecule has 0 aromatic heterocycles. The van der Waals surface area contributed by atoms with Crippen LogP contribution in [0.4, 0.5) is 0 Å². The maximum atomic E-state index is 15.0. The minimum absolute atomic E-state index is 0.136. The normalized spacial score (nSPS) is 17.7. The average molecular weight is 1660 g/mol. The van der Waals surface area contributed by atoms with Gasteiger partial charge in [-0.05, 0) is 180 Å². The van der Waals surface area contributed by atoms with Gasteiger partial charge in [0.25, 0.3) is 0 Å². The summed E-state index contributed by atoms with van der Waals surface area (Å²) in [4.78, 5) is 53.6. The molecule has 3 amide bonds. The van der Waals surface area contributed by atoms with Crippen LogP contribution in [-0.4, -0.2) is 111 Å². The minimum Gasteiger partial charge on any atom is -0.356 e. The molecule has 4 fully saturated rings. The van der Waals surface area contributed by atoms with E-state index in [0.29, 0.717) is 38.9 Å². The molecule has 0 aromatic carbocycles. The van der Waals surface area contributed by atoms with Gasteiger partial charge in [-0.1, -0.05) is 465 Å². The first-order valence-electron chi connectivity index (χ1n) is 55.2. The molecule has 0 aromatic rings. The summed E-state index contributed by atoms with van der Waals surface area (Å²) in [6.07, 6.45) is 110. The molecule has 0 spiro atoms. The average Bonchev–Trinajstić information content (AvgIpc) is 0.690. The second kappa shape index (κ2) is 81.1. The van der Waals surface area contributed by atoms with Gasteiger partial charge in [0.15, 0.2) is 0 Å². The van der Waals surface area contributed by atoms with E-state index in [1.807, 2.05) is 0 Å². The van der Waals surface area contributed by atoms with Crippen molar-refractivity contribution in [3.8, 4) is 0 Å². The van der Waals surface area contributed by atoms with Gasteiger partial charge in [0.1, 0.15) is 0 Å². The molecule has 4 aliphatic carbocycles. The summed E-state index contributed by atoms with van der Waals surface area (Å²) in [6, 6.07) is 0. The number of amides is 3. The van der Waals surface area contributed by atoms with Crippen LogP contribution in [0.5, 0.6) is 0 Å². The van der Waals surface area contributed by atoms with Crippen LogP contribution in [0, 0.1) is 22.2 Å². The molecular weight excluding hydrogens is 1440 g/mol. The molecule has 4 aliphatic rings. The van der Waals surface area contributed by atoms with Gasteiger partial charge < -0.3 is 30.7 Å². The highest BCUT2D eigenvalue weighted by Gasteiger charge is 2.69. The lowest BCUT2D eigenvalue weighted by Gasteiger charge is -2.64. The Bertz CT molecular complexity index is 1840. The predicted molar refractivity (Wildman–Crippen MR) is 521 cm³/mol. The Balaban J connectivity index is 1.55. The van der Waals surface area contributed by atoms with E-state index in [1.165, 1.54) is 521 Å². The summed E-state index contributed by atoms with van der Waals surface area (Å²) >= 11 is 0. The molecule has 4 saturated carbocycles. The van der Waals surface area contributed by atoms with Crippen LogP contribution in [0.25, 0.3) is 0 Å². The molecule has 0 saturated heterocycles. The number of hydrogen-bond donors (Lipinski definition) is 3. The fourth-order valence-electron chi connectivity index (χ4n) is 21.8. The molecule has 9 nitrogen and oxygen atoms in total. The molecule has 0 heterocycles. The van der Waals surface area contributed by atoms with Gasteiger partial charge in [0, 0.05) is 19.6 Å². The van der Waals surface area contributed by atoms with Crippen LogP contribution >= 0.6 is 0 Å². The first-order valence-corrected chi connectivity index (χ1v) is 55.2. The SMILES string of the molecule is CCCCCCCCCCCCN(CCCCCCCCCCCC)CCCCCCCCNC(=O)C12CC3CC(C(=O)NCCCCCCCCN(CCCCCCCCCCCC)CCCCCCCCCCCC)(C1)CC(C(=O)NCCCCCCCCN(CCCCCCCCCCCC)CCCCCCCCCCCC)(C3)C2. The smallest absolute Gasteiger partial charge is 0.226 e. The first kappa shape index (κ1) is 110. The Morgan fingerprint density at radius 1 is 0.186 bits per heavy atom. The van der Waals surface area contributed by atoms with E-state index in [-0.39, 0.29) is 23.6 Å². The number of carbonyl (C=O) groups is 3. The van der Waals surface area contributed by atoms with Gasteiger partial charge in [-0.2, -0.15) is 0 Å². The Hall–Kier alpha value is -1.71. The highest BCUT2D eigenvalue weighted by molar-refractivity contribution is 5.92. The van der Waals surface area contributed by atoms with Crippen molar-refractivity contribution in [1.82, 2.24) is 30.7 Å². The van der Waals surface area contributed by atoms with Crippen molar-refractivity contribution < 1.29 is 14.4 Å². The number of carbonyl (C=O) groups excluding carboxylic acids is 3. The highest BCUT2D eigenvalue weighted by atomic mass is 16.2. The molecule has 0 radical (unpaired) electrons. The fraction of sp³-hybridized carbons (Fsp3) is 0.972. The van der Waals surface area contributed by atoms with Crippen LogP contribution in [-0.2, 0) is 14.4 Å². The van der Waals surface area contributed by atoms with Crippen LogP contribution in [0.15, 0.2) is 0 Å². The van der Waals surface area contributed by atoms with Gasteiger partial charge in [0.05, 0.1) is 16.2 Å². The van der Waals surface area contributed by atoms with E-state index in [2.05, 4.69) is 72.2 Å². The molecule has 4 rings (SSSR count). The first-order chi connectivity index (χ1) is 58.1. The van der Waals surface area contributed by atoms with Crippen molar-refractivity contribution in [3.63, 3.8) is 0 Å². The monoisotopic (exact) mass is 1660 g/mol. The van der Waals surface area contributed by atoms with Crippen molar-refractivity contribution in [2.45, 2.75) is 581 Å². The standard InChI is InChI=1S/C109H214N6O3/c1-7-13-19-25-31-37-43-52-64-76-88-113(89-77-65-53-44-38-32-26-20-14-8-2)94-82-70-58-49-61-73-85-110-104(116)107-97-103-98-108(100-107,105(117)111-86-74-62-50-59-71-83-95-114(90-78-66-54-45-39-33-27-21-15-9-3)91-79-67-55-46-40-34-28-22-16-10-4)102-109(99-103,101-107)106(118)112-87-75-63-51-60-72-84-96-115(92-80-68-56-47-41-35-29-23-17-11-5)93-81-69-57-48-42-36-30-24-18-12-6/h103H,7-102H2,1-6H3,(H,110,116)(H,111,117)(H,112,118). The fourth-order valence-corrected chi connectivity index (χ4v) is 21.8. The topological polar surface area (TPSA) is 97.0 Å². The minimum atomic E-state index is -0.659. The zero-order chi connectivity index (χ0) is 84.5. The van der Waals surface area contributed by atoms with E-state index in [1.54, 1.807) is 0 Å². The lowest BCUT2D eigenvalue weighted by atomic mass is 9.39. The van der Waals surface area contributed by atoms with E-state index in [9.17, 15) is 0 Å². The second-order valence-electron chi connectivity index (χ2n) is 40.6. The molecule has 9 heteroatoms. The summed E-state index contributed by atoms with van der Waals surface area (Å²) in [6.45, 7) is 27.5. The third-order valence-electron chi connectivity index (χ3n) is 29.0. The van der Waals surface area contributed by atoms with Crippen molar-refractivity contribution in [2.24, 2.45) is 22.2 Å². The lowest BCUT2D eigenvalue weighted by molar-refractivity contribution is -0.188. The van der Waals surface area contributed by atoms with Crippen molar-refractivity contribution in [1.29, 1.82) is 0 Å². The summed E-state index contributed by atoms with van der Waals surface area (Å²) in [5.74, 6) is 0.632. The van der Waals surface area contributed by atoms with E-state index >= 15 is 14.4 Å². The molecule has 3 N–H and O–H groups in total. The molecule has 118 heavy (non-hydrogen) atoms. The van der Waals surface area contributed by atoms with E-state index in [0.717, 1.165) is 57.8 Å². The van der Waals surface area contributed by atoms with Crippen molar-refractivity contribution >= 4 is 17.7 Å². The third-order valence-corrected chi connectivity index (χ3v) is 29.0. The molecular formula is C109H214N6O3. The quantitative estimate of drug-likeness (QED) is 0.0525. The van der Waals surface area contributed by atoms with Crippen LogP contribution < -0.4 is 16.0 Å². The summed E-state index contributed by atoms with van der Waals surface area (Å²) < 4.78 is 0. The van der Waals surface area contributed by atoms with Gasteiger partial charge in [0.2, 0.25) is 17.7 Å². The summed E-state index contributed by atoms with van der Waals surface area (Å²) in [5.41, 5.74) is -1.98. The van der Waals surface area contributed by atoms with Crippen molar-refractivity contribution in [2.75, 3.05) is 78.5 Å². The molecule has 0 unspecified atom stereocenters. The van der Waals surface area contributed by atoms with Crippen LogP contribution in [0.2, 0.25) is 0 Å². The Kier molecular flexibility index (Phi) is 75.9. The maximum Gasteiger partial charge on any atom is 0.226 e. The second-order valence-corrected chi connectivity index (χ2v) is 40.6. The zero-order valence-corrected chi connectivity index (χ0v) is 81.5. The molecule has 0 aliphatic heterocycles. The number of hydrogen-bond acceptors (Lipinski definition) is 6. The van der Waals surface area contributed by atoms with Crippen molar-refractivity contribution in [3.05, 3.63) is 0 Å². The summed E-state index contributed by atoms with van der Waals surface area (Å²) in [5, 5.41) is 10.5. The van der Waals surface area contributed by atoms with Gasteiger partial charge in [-0.25, -0.2) is 0 Å². The highest BCUT2D eigenvalue weighted by Crippen LogP contribution is 2.70. The molecule has 0 atom stereocenters. The molecule has 4 bridgehead atoms. The number of nitrogens with one attached hydrogen (secondary N) is 3. The lowest BCUT2D eigenvalue weighted by Crippen LogP contribution is -2.67. The maximum absolute atomic E-state index is 15.0. The zero-order valence-electron chi connectivity index (χ0n) is 81.5. The third kappa shape index (κ3) is 59.3. The van der Waals surface area contributed by atoms with Gasteiger partial charge in [-0.15, -0.1) is 0 Å². The predicted octanol–water partition coefficient (Wildman–Crippen LogP) is 32.7. The Morgan fingerprint density at radius 3 is 0.441 bits per heavy atom. The van der Waals surface area contributed by atoms with Crippen LogP contribution in [0.3, 0.4) is 0 Å². The number of nitrogens with zero attached hydrogens (tertiary/aromatic N) is 3. The Labute approximate surface area is 740 Å². The molecule has 698 valence electrons. The van der Waals surface area contributed by atoms with E-state index in [4.69, 9.17) is 0 Å². The van der Waals surface area contributed by atoms with E-state index < -0.39 is 16.2 Å². The largest absolute Gasteiger partial charge is 0.356 e.